The lowest BCUT2D eigenvalue weighted by molar-refractivity contribution is -0.125. The Balaban J connectivity index is 1.76. The molecular formula is C17H24N4O3. The number of hydrogen-bond donors (Lipinski definition) is 1. The molecule has 0 bridgehead atoms. The fraction of sp³-hybridized carbons (Fsp3) is 0.588. The molecule has 0 aliphatic carbocycles. The van der Waals surface area contributed by atoms with Gasteiger partial charge < -0.3 is 19.9 Å². The van der Waals surface area contributed by atoms with Crippen LogP contribution in [0.5, 0.6) is 0 Å². The maximum Gasteiger partial charge on any atom is 0.273 e. The Labute approximate surface area is 142 Å². The highest BCUT2D eigenvalue weighted by Gasteiger charge is 2.35. The zero-order chi connectivity index (χ0) is 17.3. The number of aromatic nitrogens is 1. The Hall–Kier alpha value is -2.15. The second kappa shape index (κ2) is 6.76. The van der Waals surface area contributed by atoms with Gasteiger partial charge in [0.2, 0.25) is 5.91 Å². The predicted octanol–water partition coefficient (Wildman–Crippen LogP) is 0.787. The van der Waals surface area contributed by atoms with E-state index in [0.29, 0.717) is 25.5 Å². The number of anilines is 1. The van der Waals surface area contributed by atoms with Crippen molar-refractivity contribution in [2.24, 2.45) is 0 Å². The summed E-state index contributed by atoms with van der Waals surface area (Å²) in [7, 11) is 0. The number of amides is 2. The van der Waals surface area contributed by atoms with Gasteiger partial charge in [0.25, 0.3) is 5.91 Å². The van der Waals surface area contributed by atoms with Crippen LogP contribution in [-0.4, -0.2) is 60.1 Å². The van der Waals surface area contributed by atoms with Crippen LogP contribution >= 0.6 is 0 Å². The van der Waals surface area contributed by atoms with E-state index in [0.717, 1.165) is 24.5 Å². The zero-order valence-corrected chi connectivity index (χ0v) is 14.4. The van der Waals surface area contributed by atoms with Crippen LogP contribution < -0.4 is 10.2 Å². The normalized spacial score (nSPS) is 18.8. The summed E-state index contributed by atoms with van der Waals surface area (Å²) in [6, 6.07) is 3.42. The molecule has 1 atom stereocenters. The van der Waals surface area contributed by atoms with E-state index < -0.39 is 6.04 Å². The predicted molar refractivity (Wildman–Crippen MR) is 89.9 cm³/mol. The van der Waals surface area contributed by atoms with Crippen LogP contribution in [0.15, 0.2) is 12.1 Å². The second-order valence-corrected chi connectivity index (χ2v) is 6.55. The third-order valence-corrected chi connectivity index (χ3v) is 4.38. The smallest absolute Gasteiger partial charge is 0.273 e. The van der Waals surface area contributed by atoms with E-state index >= 15 is 0 Å². The van der Waals surface area contributed by atoms with Gasteiger partial charge in [-0.3, -0.25) is 9.59 Å². The summed E-state index contributed by atoms with van der Waals surface area (Å²) in [4.78, 5) is 33.2. The fourth-order valence-electron chi connectivity index (χ4n) is 3.01. The average Bonchev–Trinajstić information content (AvgIpc) is 2.90. The molecule has 130 valence electrons. The first kappa shape index (κ1) is 16.7. The number of ether oxygens (including phenoxy) is 1. The lowest BCUT2D eigenvalue weighted by Crippen LogP contribution is -2.47. The number of morpholine rings is 1. The summed E-state index contributed by atoms with van der Waals surface area (Å²) in [6.07, 6.45) is 0. The molecule has 1 N–H and O–H groups in total. The van der Waals surface area contributed by atoms with Crippen molar-refractivity contribution in [2.75, 3.05) is 31.2 Å². The number of carbonyl (C=O) groups is 2. The summed E-state index contributed by atoms with van der Waals surface area (Å²) in [5, 5.41) is 2.85. The van der Waals surface area contributed by atoms with Gasteiger partial charge in [-0.05, 0) is 26.8 Å². The molecule has 24 heavy (non-hydrogen) atoms. The molecule has 0 aromatic carbocycles. The van der Waals surface area contributed by atoms with E-state index in [1.807, 2.05) is 26.0 Å². The van der Waals surface area contributed by atoms with Crippen molar-refractivity contribution >= 4 is 17.6 Å². The Bertz CT molecular complexity index is 641. The van der Waals surface area contributed by atoms with Crippen molar-refractivity contribution in [3.8, 4) is 0 Å². The third-order valence-electron chi connectivity index (χ3n) is 4.38. The molecule has 0 radical (unpaired) electrons. The number of carbonyl (C=O) groups excluding carboxylic acids is 2. The summed E-state index contributed by atoms with van der Waals surface area (Å²) in [5.74, 6) is 0.484. The van der Waals surface area contributed by atoms with E-state index in [9.17, 15) is 9.59 Å². The number of nitrogens with zero attached hydrogens (tertiary/aromatic N) is 3. The van der Waals surface area contributed by atoms with Gasteiger partial charge in [0.05, 0.1) is 13.2 Å². The molecule has 1 fully saturated rings. The summed E-state index contributed by atoms with van der Waals surface area (Å²) >= 11 is 0. The van der Waals surface area contributed by atoms with Crippen LogP contribution in [0.3, 0.4) is 0 Å². The quantitative estimate of drug-likeness (QED) is 0.882. The second-order valence-electron chi connectivity index (χ2n) is 6.55. The molecule has 1 aromatic heterocycles. The first-order chi connectivity index (χ1) is 11.5. The van der Waals surface area contributed by atoms with Crippen LogP contribution in [0.25, 0.3) is 0 Å². The molecule has 7 nitrogen and oxygen atoms in total. The maximum absolute atomic E-state index is 12.7. The molecule has 7 heteroatoms. The van der Waals surface area contributed by atoms with Crippen molar-refractivity contribution < 1.29 is 14.3 Å². The molecule has 1 saturated heterocycles. The fourth-order valence-corrected chi connectivity index (χ4v) is 3.01. The number of nitrogens with one attached hydrogen (secondary N) is 1. The lowest BCUT2D eigenvalue weighted by atomic mass is 10.2. The molecule has 2 aliphatic heterocycles. The van der Waals surface area contributed by atoms with Gasteiger partial charge in [0.1, 0.15) is 17.6 Å². The summed E-state index contributed by atoms with van der Waals surface area (Å²) in [6.45, 7) is 8.88. The molecule has 2 aliphatic rings. The van der Waals surface area contributed by atoms with Gasteiger partial charge in [0, 0.05) is 31.2 Å². The molecular weight excluding hydrogens is 308 g/mol. The first-order valence-electron chi connectivity index (χ1n) is 8.41. The zero-order valence-electron chi connectivity index (χ0n) is 14.4. The van der Waals surface area contributed by atoms with Gasteiger partial charge >= 0.3 is 0 Å². The van der Waals surface area contributed by atoms with Crippen LogP contribution in [0.2, 0.25) is 0 Å². The molecule has 3 rings (SSSR count). The van der Waals surface area contributed by atoms with Crippen molar-refractivity contribution in [1.82, 2.24) is 15.2 Å². The van der Waals surface area contributed by atoms with Crippen LogP contribution in [0, 0.1) is 0 Å². The van der Waals surface area contributed by atoms with Gasteiger partial charge in [-0.15, -0.1) is 0 Å². The Morgan fingerprint density at radius 1 is 1.25 bits per heavy atom. The van der Waals surface area contributed by atoms with E-state index in [2.05, 4.69) is 15.2 Å². The monoisotopic (exact) mass is 332 g/mol. The standard InChI is InChI=1S/C17H24N4O3/c1-11(2)18-16(22)12(3)21-10-13-4-5-14(19-15(13)17(21)23)20-6-8-24-9-7-20/h4-5,11-12H,6-10H2,1-3H3,(H,18,22)/t12-/m1/s1. The number of fused-ring (bicyclic) bond motifs is 1. The highest BCUT2D eigenvalue weighted by molar-refractivity contribution is 5.99. The first-order valence-corrected chi connectivity index (χ1v) is 8.41. The van der Waals surface area contributed by atoms with Crippen LogP contribution in [-0.2, 0) is 16.1 Å². The molecule has 1 aromatic rings. The minimum absolute atomic E-state index is 0.0473. The number of rotatable bonds is 4. The van der Waals surface area contributed by atoms with Crippen molar-refractivity contribution in [1.29, 1.82) is 0 Å². The van der Waals surface area contributed by atoms with E-state index in [4.69, 9.17) is 4.74 Å². The van der Waals surface area contributed by atoms with Crippen LogP contribution in [0.4, 0.5) is 5.82 Å². The van der Waals surface area contributed by atoms with Crippen molar-refractivity contribution in [3.63, 3.8) is 0 Å². The largest absolute Gasteiger partial charge is 0.378 e. The SMILES string of the molecule is CC(C)NC(=O)[C@@H](C)N1Cc2ccc(N3CCOCC3)nc2C1=O. The minimum atomic E-state index is -0.513. The van der Waals surface area contributed by atoms with Gasteiger partial charge in [-0.2, -0.15) is 0 Å². The minimum Gasteiger partial charge on any atom is -0.378 e. The van der Waals surface area contributed by atoms with E-state index in [1.54, 1.807) is 11.8 Å². The van der Waals surface area contributed by atoms with Crippen molar-refractivity contribution in [2.45, 2.75) is 39.4 Å². The Morgan fingerprint density at radius 2 is 1.96 bits per heavy atom. The Kier molecular flexibility index (Phi) is 4.71. The van der Waals surface area contributed by atoms with E-state index in [1.165, 1.54) is 0 Å². The highest BCUT2D eigenvalue weighted by atomic mass is 16.5. The molecule has 0 spiro atoms. The topological polar surface area (TPSA) is 74.8 Å². The number of pyridine rings is 1. The van der Waals surface area contributed by atoms with Gasteiger partial charge in [-0.1, -0.05) is 6.07 Å². The third kappa shape index (κ3) is 3.21. The summed E-state index contributed by atoms with van der Waals surface area (Å²) < 4.78 is 5.35. The highest BCUT2D eigenvalue weighted by Crippen LogP contribution is 2.26. The maximum atomic E-state index is 12.7. The Morgan fingerprint density at radius 3 is 2.62 bits per heavy atom. The van der Waals surface area contributed by atoms with Gasteiger partial charge in [0.15, 0.2) is 0 Å². The molecule has 3 heterocycles. The molecule has 0 saturated carbocycles. The van der Waals surface area contributed by atoms with Crippen molar-refractivity contribution in [3.05, 3.63) is 23.4 Å². The number of hydrogen-bond acceptors (Lipinski definition) is 5. The molecule has 2 amide bonds. The summed E-state index contributed by atoms with van der Waals surface area (Å²) in [5.41, 5.74) is 1.34. The molecule has 0 unspecified atom stereocenters. The average molecular weight is 332 g/mol. The van der Waals surface area contributed by atoms with Crippen LogP contribution in [0.1, 0.15) is 36.8 Å². The lowest BCUT2D eigenvalue weighted by Gasteiger charge is -2.27. The van der Waals surface area contributed by atoms with Gasteiger partial charge in [-0.25, -0.2) is 4.98 Å². The van der Waals surface area contributed by atoms with E-state index in [-0.39, 0.29) is 17.9 Å².